The van der Waals surface area contributed by atoms with Gasteiger partial charge in [-0.25, -0.2) is 0 Å². The summed E-state index contributed by atoms with van der Waals surface area (Å²) < 4.78 is 4.11. The van der Waals surface area contributed by atoms with Crippen molar-refractivity contribution in [2.45, 2.75) is 25.2 Å². The van der Waals surface area contributed by atoms with E-state index in [0.717, 1.165) is 27.9 Å². The first-order chi connectivity index (χ1) is 15.8. The topological polar surface area (TPSA) is 42.1 Å². The molecule has 0 atom stereocenters. The number of Topliss-reactive ketones (excluding diaryl/α,β-unsaturated/α-hetero) is 2. The molecule has 33 heavy (non-hydrogen) atoms. The normalized spacial score (nSPS) is 19.4. The highest BCUT2D eigenvalue weighted by molar-refractivity contribution is 6.43. The lowest BCUT2D eigenvalue weighted by molar-refractivity contribution is -0.401. The summed E-state index contributed by atoms with van der Waals surface area (Å²) in [6, 6.07) is 20.6. The minimum absolute atomic E-state index is 0.0890. The zero-order valence-corrected chi connectivity index (χ0v) is 19.2. The molecule has 0 spiro atoms. The smallest absolute Gasteiger partial charge is 0.210 e. The van der Waals surface area contributed by atoms with Crippen LogP contribution in [0.1, 0.15) is 30.9 Å². The monoisotopic (exact) mass is 433 g/mol. The molecule has 0 N–H and O–H groups in total. The molecule has 1 aromatic heterocycles. The number of aromatic nitrogens is 1. The Balaban J connectivity index is 1.43. The molecule has 3 aromatic carbocycles. The van der Waals surface area contributed by atoms with E-state index >= 15 is 0 Å². The molecule has 0 unspecified atom stereocenters. The minimum atomic E-state index is -0.707. The average molecular weight is 434 g/mol. The summed E-state index contributed by atoms with van der Waals surface area (Å²) in [5.74, 6) is -0.885. The largest absolute Gasteiger partial charge is 0.350 e. The second kappa shape index (κ2) is 6.61. The summed E-state index contributed by atoms with van der Waals surface area (Å²) in [5.41, 5.74) is 5.14. The van der Waals surface area contributed by atoms with Gasteiger partial charge >= 0.3 is 0 Å². The molecular weight excluding hydrogens is 408 g/mol. The second-order valence-corrected chi connectivity index (χ2v) is 9.68. The summed E-state index contributed by atoms with van der Waals surface area (Å²) >= 11 is 0. The lowest BCUT2D eigenvalue weighted by Crippen LogP contribution is -2.40. The Kier molecular flexibility index (Phi) is 3.98. The van der Waals surface area contributed by atoms with Gasteiger partial charge in [-0.15, -0.1) is 0 Å². The summed E-state index contributed by atoms with van der Waals surface area (Å²) in [6.45, 7) is 4.34. The van der Waals surface area contributed by atoms with Crippen LogP contribution in [0.3, 0.4) is 0 Å². The molecule has 0 bridgehead atoms. The number of para-hydroxylation sites is 1. The molecule has 4 heteroatoms. The van der Waals surface area contributed by atoms with E-state index in [1.165, 1.54) is 16.3 Å². The van der Waals surface area contributed by atoms with Crippen molar-refractivity contribution in [3.8, 4) is 0 Å². The van der Waals surface area contributed by atoms with Gasteiger partial charge in [-0.1, -0.05) is 42.5 Å². The summed E-state index contributed by atoms with van der Waals surface area (Å²) in [7, 11) is 3.97. The van der Waals surface area contributed by atoms with Gasteiger partial charge in [0.05, 0.1) is 11.0 Å². The molecule has 6 rings (SSSR count). The van der Waals surface area contributed by atoms with E-state index in [4.69, 9.17) is 0 Å². The third-order valence-electron chi connectivity index (χ3n) is 7.47. The third-order valence-corrected chi connectivity index (χ3v) is 7.47. The van der Waals surface area contributed by atoms with Gasteiger partial charge in [0, 0.05) is 41.9 Å². The number of benzene rings is 3. The lowest BCUT2D eigenvalue weighted by Gasteiger charge is -2.26. The highest BCUT2D eigenvalue weighted by atomic mass is 16.2. The number of hydrogen-bond donors (Lipinski definition) is 0. The Hall–Kier alpha value is -3.79. The molecule has 0 amide bonds. The molecule has 1 fully saturated rings. The van der Waals surface area contributed by atoms with Crippen molar-refractivity contribution in [2.75, 3.05) is 7.05 Å². The van der Waals surface area contributed by atoms with E-state index < -0.39 is 5.92 Å². The Morgan fingerprint density at radius 1 is 0.909 bits per heavy atom. The van der Waals surface area contributed by atoms with Crippen molar-refractivity contribution in [1.82, 2.24) is 4.57 Å². The van der Waals surface area contributed by atoms with Crippen LogP contribution < -0.4 is 0 Å². The SMILES string of the molecule is Cn1cc(C2C(=O)C(=CC3=[N+](C)c4ccc5ccccc5c4C3(C)C)C2=O)c2ccccc21. The number of allylic oxidation sites excluding steroid dienone is 2. The number of nitrogens with zero attached hydrogens (tertiary/aromatic N) is 2. The van der Waals surface area contributed by atoms with Crippen LogP contribution in [0.4, 0.5) is 5.69 Å². The number of carbonyl (C=O) groups excluding carboxylic acids is 2. The van der Waals surface area contributed by atoms with Crippen LogP contribution in [-0.2, 0) is 22.1 Å². The van der Waals surface area contributed by atoms with Crippen molar-refractivity contribution in [2.24, 2.45) is 7.05 Å². The van der Waals surface area contributed by atoms with Crippen LogP contribution in [-0.4, -0.2) is 33.5 Å². The van der Waals surface area contributed by atoms with E-state index in [0.29, 0.717) is 5.57 Å². The summed E-state index contributed by atoms with van der Waals surface area (Å²) in [4.78, 5) is 26.6. The quantitative estimate of drug-likeness (QED) is 0.189. The number of rotatable bonds is 2. The number of fused-ring (bicyclic) bond motifs is 4. The van der Waals surface area contributed by atoms with Crippen molar-refractivity contribution >= 4 is 44.6 Å². The number of hydrogen-bond acceptors (Lipinski definition) is 2. The van der Waals surface area contributed by atoms with Crippen LogP contribution >= 0.6 is 0 Å². The van der Waals surface area contributed by atoms with E-state index in [1.807, 2.05) is 61.3 Å². The fourth-order valence-electron chi connectivity index (χ4n) is 5.79. The van der Waals surface area contributed by atoms with Gasteiger partial charge in [-0.05, 0) is 42.3 Å². The van der Waals surface area contributed by atoms with Gasteiger partial charge in [-0.2, -0.15) is 4.58 Å². The molecule has 162 valence electrons. The Morgan fingerprint density at radius 2 is 1.58 bits per heavy atom. The van der Waals surface area contributed by atoms with E-state index in [1.54, 1.807) is 0 Å². The zero-order chi connectivity index (χ0) is 23.1. The standard InChI is InChI=1S/C29H25N2O2/c1-29(2)24(31(4)23-14-13-17-9-5-6-10-18(17)26(23)29)15-20-27(32)25(28(20)33)21-16-30(3)22-12-8-7-11-19(21)22/h5-16,25H,1-4H3/q+1. The van der Waals surface area contributed by atoms with Crippen LogP contribution in [0, 0.1) is 0 Å². The maximum absolute atomic E-state index is 13.3. The molecule has 1 aliphatic carbocycles. The van der Waals surface area contributed by atoms with Crippen LogP contribution in [0.15, 0.2) is 78.5 Å². The Morgan fingerprint density at radius 3 is 2.33 bits per heavy atom. The van der Waals surface area contributed by atoms with Gasteiger partial charge in [0.2, 0.25) is 5.69 Å². The third kappa shape index (κ3) is 2.55. The van der Waals surface area contributed by atoms with Crippen molar-refractivity contribution < 1.29 is 14.2 Å². The highest BCUT2D eigenvalue weighted by Gasteiger charge is 2.50. The maximum Gasteiger partial charge on any atom is 0.210 e. The Labute approximate surface area is 192 Å². The fraction of sp³-hybridized carbons (Fsp3) is 0.207. The zero-order valence-electron chi connectivity index (χ0n) is 19.2. The molecule has 0 radical (unpaired) electrons. The average Bonchev–Trinajstić information content (AvgIpc) is 3.23. The van der Waals surface area contributed by atoms with Crippen molar-refractivity contribution in [1.29, 1.82) is 0 Å². The van der Waals surface area contributed by atoms with Gasteiger partial charge < -0.3 is 4.57 Å². The molecule has 1 aliphatic heterocycles. The van der Waals surface area contributed by atoms with Gasteiger partial charge in [0.15, 0.2) is 17.3 Å². The van der Waals surface area contributed by atoms with Crippen LogP contribution in [0.5, 0.6) is 0 Å². The Bertz CT molecular complexity index is 1580. The van der Waals surface area contributed by atoms with Gasteiger partial charge in [0.25, 0.3) is 0 Å². The molecular formula is C29H25N2O2+. The van der Waals surface area contributed by atoms with Crippen LogP contribution in [0.25, 0.3) is 21.7 Å². The first-order valence-electron chi connectivity index (χ1n) is 11.3. The summed E-state index contributed by atoms with van der Waals surface area (Å²) in [6.07, 6.45) is 3.75. The first kappa shape index (κ1) is 19.9. The predicted octanol–water partition coefficient (Wildman–Crippen LogP) is 5.20. The molecule has 4 nitrogen and oxygen atoms in total. The fourth-order valence-corrected chi connectivity index (χ4v) is 5.79. The van der Waals surface area contributed by atoms with Crippen molar-refractivity contribution in [3.05, 3.63) is 89.6 Å². The van der Waals surface area contributed by atoms with Gasteiger partial charge in [-0.3, -0.25) is 9.59 Å². The van der Waals surface area contributed by atoms with Crippen molar-refractivity contribution in [3.63, 3.8) is 0 Å². The highest BCUT2D eigenvalue weighted by Crippen LogP contribution is 2.45. The summed E-state index contributed by atoms with van der Waals surface area (Å²) in [5, 5.41) is 3.37. The maximum atomic E-state index is 13.3. The molecule has 4 aromatic rings. The van der Waals surface area contributed by atoms with E-state index in [2.05, 4.69) is 48.8 Å². The second-order valence-electron chi connectivity index (χ2n) is 9.68. The van der Waals surface area contributed by atoms with Crippen LogP contribution in [0.2, 0.25) is 0 Å². The predicted molar refractivity (Wildman–Crippen MR) is 132 cm³/mol. The minimum Gasteiger partial charge on any atom is -0.350 e. The molecule has 2 heterocycles. The molecule has 2 aliphatic rings. The molecule has 0 saturated heterocycles. The lowest BCUT2D eigenvalue weighted by atomic mass is 9.70. The number of carbonyl (C=O) groups is 2. The van der Waals surface area contributed by atoms with Gasteiger partial charge in [0.1, 0.15) is 13.0 Å². The van der Waals surface area contributed by atoms with E-state index in [9.17, 15) is 9.59 Å². The number of ketones is 2. The first-order valence-corrected chi connectivity index (χ1v) is 11.3. The van der Waals surface area contributed by atoms with E-state index in [-0.39, 0.29) is 17.0 Å². The number of aryl methyl sites for hydroxylation is 1. The molecule has 1 saturated carbocycles.